The molecular weight excluding hydrogens is 332 g/mol. The molecule has 0 fully saturated rings. The topological polar surface area (TPSA) is 120 Å². The summed E-state index contributed by atoms with van der Waals surface area (Å²) in [5.74, 6) is -1.37. The number of nitrogens with one attached hydrogen (secondary N) is 1. The summed E-state index contributed by atoms with van der Waals surface area (Å²) in [6.07, 6.45) is 0. The number of halogens is 1. The standard InChI is InChI=1S/C11H9BrN4O4/c12-7-3-1-2-6(4-7)9-15-20-11(19)16(9)5-8(17)14-10(13)18/h1-4H,5H2,(H3,13,14,17,18). The number of nitrogens with zero attached hydrogens (tertiary/aromatic N) is 2. The van der Waals surface area contributed by atoms with Gasteiger partial charge in [-0.25, -0.2) is 14.2 Å². The molecule has 0 bridgehead atoms. The summed E-state index contributed by atoms with van der Waals surface area (Å²) in [5.41, 5.74) is 5.41. The second-order valence-corrected chi connectivity index (χ2v) is 4.70. The van der Waals surface area contributed by atoms with Crippen LogP contribution in [0, 0.1) is 0 Å². The molecule has 2 aromatic rings. The average Bonchev–Trinajstić information content (AvgIpc) is 2.70. The van der Waals surface area contributed by atoms with Crippen molar-refractivity contribution in [1.82, 2.24) is 15.0 Å². The molecule has 0 aliphatic rings. The van der Waals surface area contributed by atoms with Gasteiger partial charge >= 0.3 is 11.8 Å². The summed E-state index contributed by atoms with van der Waals surface area (Å²) in [6, 6.07) is 5.95. The zero-order chi connectivity index (χ0) is 14.7. The van der Waals surface area contributed by atoms with Crippen molar-refractivity contribution < 1.29 is 14.1 Å². The molecule has 1 heterocycles. The zero-order valence-electron chi connectivity index (χ0n) is 10.00. The predicted octanol–water partition coefficient (Wildman–Crippen LogP) is 0.461. The minimum Gasteiger partial charge on any atom is -0.351 e. The van der Waals surface area contributed by atoms with Crippen LogP contribution >= 0.6 is 15.9 Å². The number of nitrogens with two attached hydrogens (primary N) is 1. The highest BCUT2D eigenvalue weighted by Crippen LogP contribution is 2.20. The quantitative estimate of drug-likeness (QED) is 0.840. The van der Waals surface area contributed by atoms with Crippen LogP contribution in [0.1, 0.15) is 0 Å². The molecule has 20 heavy (non-hydrogen) atoms. The zero-order valence-corrected chi connectivity index (χ0v) is 11.6. The van der Waals surface area contributed by atoms with Crippen LogP contribution in [0.2, 0.25) is 0 Å². The minimum absolute atomic E-state index is 0.177. The van der Waals surface area contributed by atoms with Crippen LogP contribution < -0.4 is 16.8 Å². The van der Waals surface area contributed by atoms with E-state index in [0.717, 1.165) is 9.04 Å². The Labute approximate surface area is 120 Å². The number of primary amides is 1. The molecule has 0 spiro atoms. The smallest absolute Gasteiger partial charge is 0.351 e. The van der Waals surface area contributed by atoms with Crippen LogP contribution in [-0.2, 0) is 11.3 Å². The molecule has 0 saturated carbocycles. The number of hydrogen-bond acceptors (Lipinski definition) is 5. The average molecular weight is 341 g/mol. The van der Waals surface area contributed by atoms with Gasteiger partial charge in [0.05, 0.1) is 0 Å². The van der Waals surface area contributed by atoms with E-state index in [9.17, 15) is 14.4 Å². The number of imide groups is 1. The van der Waals surface area contributed by atoms with Crippen LogP contribution in [0.25, 0.3) is 11.4 Å². The first-order valence-electron chi connectivity index (χ1n) is 5.39. The van der Waals surface area contributed by atoms with E-state index in [-0.39, 0.29) is 5.82 Å². The van der Waals surface area contributed by atoms with Crippen molar-refractivity contribution in [2.24, 2.45) is 5.73 Å². The lowest BCUT2D eigenvalue weighted by Gasteiger charge is -2.04. The molecule has 1 aromatic carbocycles. The van der Waals surface area contributed by atoms with Gasteiger partial charge in [-0.3, -0.25) is 14.6 Å². The number of carbonyl (C=O) groups is 2. The van der Waals surface area contributed by atoms with Crippen LogP contribution in [0.4, 0.5) is 4.79 Å². The van der Waals surface area contributed by atoms with Crippen LogP contribution in [0.5, 0.6) is 0 Å². The number of carbonyl (C=O) groups excluding carboxylic acids is 2. The number of amides is 3. The summed E-state index contributed by atoms with van der Waals surface area (Å²) < 4.78 is 6.32. The first kappa shape index (κ1) is 14.0. The highest BCUT2D eigenvalue weighted by Gasteiger charge is 2.16. The molecule has 0 atom stereocenters. The molecule has 2 rings (SSSR count). The molecule has 1 aromatic heterocycles. The SMILES string of the molecule is NC(=O)NC(=O)Cn1c(-c2cccc(Br)c2)noc1=O. The van der Waals surface area contributed by atoms with Gasteiger partial charge in [-0.1, -0.05) is 33.2 Å². The van der Waals surface area contributed by atoms with Gasteiger partial charge in [0.2, 0.25) is 5.91 Å². The highest BCUT2D eigenvalue weighted by atomic mass is 79.9. The molecule has 0 aliphatic heterocycles. The fraction of sp³-hybridized carbons (Fsp3) is 0.0909. The number of aromatic nitrogens is 2. The largest absolute Gasteiger partial charge is 0.442 e. The fourth-order valence-corrected chi connectivity index (χ4v) is 1.96. The number of rotatable bonds is 3. The van der Waals surface area contributed by atoms with Gasteiger partial charge in [-0.15, -0.1) is 0 Å². The van der Waals surface area contributed by atoms with Gasteiger partial charge < -0.3 is 5.73 Å². The Morgan fingerprint density at radius 2 is 2.20 bits per heavy atom. The molecule has 9 heteroatoms. The van der Waals surface area contributed by atoms with Gasteiger partial charge in [0.1, 0.15) is 6.54 Å². The lowest BCUT2D eigenvalue weighted by Crippen LogP contribution is -2.38. The van der Waals surface area contributed by atoms with Gasteiger partial charge in [0, 0.05) is 10.0 Å². The normalized spacial score (nSPS) is 10.2. The Kier molecular flexibility index (Phi) is 3.99. The molecule has 3 amide bonds. The van der Waals surface area contributed by atoms with Gasteiger partial charge in [-0.05, 0) is 12.1 Å². The van der Waals surface area contributed by atoms with Crippen LogP contribution in [-0.4, -0.2) is 21.7 Å². The summed E-state index contributed by atoms with van der Waals surface area (Å²) in [6.45, 7) is -0.423. The van der Waals surface area contributed by atoms with Crippen LogP contribution in [0.3, 0.4) is 0 Å². The van der Waals surface area contributed by atoms with E-state index >= 15 is 0 Å². The third-order valence-corrected chi connectivity index (χ3v) is 2.83. The maximum Gasteiger partial charge on any atom is 0.442 e. The van der Waals surface area contributed by atoms with E-state index in [4.69, 9.17) is 5.73 Å². The molecular formula is C11H9BrN4O4. The minimum atomic E-state index is -0.997. The fourth-order valence-electron chi connectivity index (χ4n) is 1.56. The second-order valence-electron chi connectivity index (χ2n) is 3.78. The lowest BCUT2D eigenvalue weighted by molar-refractivity contribution is -0.120. The Bertz CT molecular complexity index is 721. The maximum atomic E-state index is 11.5. The van der Waals surface area contributed by atoms with E-state index in [1.54, 1.807) is 24.3 Å². The van der Waals surface area contributed by atoms with Crippen molar-refractivity contribution in [1.29, 1.82) is 0 Å². The first-order chi connectivity index (χ1) is 9.47. The molecule has 0 unspecified atom stereocenters. The third-order valence-electron chi connectivity index (χ3n) is 2.33. The predicted molar refractivity (Wildman–Crippen MR) is 71.6 cm³/mol. The van der Waals surface area contributed by atoms with Gasteiger partial charge in [0.25, 0.3) is 0 Å². The number of hydrogen-bond donors (Lipinski definition) is 2. The van der Waals surface area contributed by atoms with Gasteiger partial charge in [0.15, 0.2) is 5.82 Å². The molecule has 8 nitrogen and oxygen atoms in total. The van der Waals surface area contributed by atoms with E-state index in [1.807, 2.05) is 5.32 Å². The number of benzene rings is 1. The highest BCUT2D eigenvalue weighted by molar-refractivity contribution is 9.10. The van der Waals surface area contributed by atoms with E-state index < -0.39 is 24.2 Å². The molecule has 0 aliphatic carbocycles. The van der Waals surface area contributed by atoms with Crippen molar-refractivity contribution >= 4 is 27.9 Å². The number of urea groups is 1. The van der Waals surface area contributed by atoms with Crippen molar-refractivity contribution in [3.63, 3.8) is 0 Å². The van der Waals surface area contributed by atoms with Crippen LogP contribution in [0.15, 0.2) is 38.1 Å². The summed E-state index contributed by atoms with van der Waals surface area (Å²) >= 11 is 3.29. The summed E-state index contributed by atoms with van der Waals surface area (Å²) in [7, 11) is 0. The van der Waals surface area contributed by atoms with E-state index in [0.29, 0.717) is 5.56 Å². The second kappa shape index (κ2) is 5.70. The van der Waals surface area contributed by atoms with Crippen molar-refractivity contribution in [2.75, 3.05) is 0 Å². The molecule has 104 valence electrons. The Balaban J connectivity index is 2.35. The van der Waals surface area contributed by atoms with Crippen molar-refractivity contribution in [3.8, 4) is 11.4 Å². The molecule has 3 N–H and O–H groups in total. The maximum absolute atomic E-state index is 11.5. The van der Waals surface area contributed by atoms with Gasteiger partial charge in [-0.2, -0.15) is 0 Å². The Morgan fingerprint density at radius 1 is 1.45 bits per heavy atom. The molecule has 0 saturated heterocycles. The Morgan fingerprint density at radius 3 is 2.85 bits per heavy atom. The van der Waals surface area contributed by atoms with E-state index in [1.165, 1.54) is 0 Å². The van der Waals surface area contributed by atoms with Crippen molar-refractivity contribution in [3.05, 3.63) is 39.3 Å². The summed E-state index contributed by atoms with van der Waals surface area (Å²) in [4.78, 5) is 33.6. The first-order valence-corrected chi connectivity index (χ1v) is 6.18. The lowest BCUT2D eigenvalue weighted by atomic mass is 10.2. The summed E-state index contributed by atoms with van der Waals surface area (Å²) in [5, 5.41) is 5.48. The third kappa shape index (κ3) is 3.12. The molecule has 0 radical (unpaired) electrons. The van der Waals surface area contributed by atoms with E-state index in [2.05, 4.69) is 25.6 Å². The van der Waals surface area contributed by atoms with Crippen molar-refractivity contribution in [2.45, 2.75) is 6.54 Å². The Hall–Kier alpha value is -2.42. The monoisotopic (exact) mass is 340 g/mol.